The summed E-state index contributed by atoms with van der Waals surface area (Å²) in [6.45, 7) is 2.06. The zero-order chi connectivity index (χ0) is 16.0. The molecule has 0 radical (unpaired) electrons. The van der Waals surface area contributed by atoms with Gasteiger partial charge in [-0.25, -0.2) is 8.42 Å². The van der Waals surface area contributed by atoms with E-state index >= 15 is 0 Å². The minimum atomic E-state index is -3.36. The second kappa shape index (κ2) is 7.31. The highest BCUT2D eigenvalue weighted by Crippen LogP contribution is 2.15. The Labute approximate surface area is 132 Å². The molecule has 0 fully saturated rings. The molecule has 4 nitrogen and oxygen atoms in total. The maximum Gasteiger partial charge on any atom is 0.233 e. The number of rotatable bonds is 7. The molecule has 5 heteroatoms. The Morgan fingerprint density at radius 2 is 1.77 bits per heavy atom. The first-order valence-electron chi connectivity index (χ1n) is 7.25. The van der Waals surface area contributed by atoms with Gasteiger partial charge < -0.3 is 4.74 Å². The lowest BCUT2D eigenvalue weighted by Crippen LogP contribution is -2.18. The summed E-state index contributed by atoms with van der Waals surface area (Å²) >= 11 is 0. The summed E-state index contributed by atoms with van der Waals surface area (Å²) in [5, 5.41) is 0. The summed E-state index contributed by atoms with van der Waals surface area (Å²) in [6.07, 6.45) is 1.38. The van der Waals surface area contributed by atoms with E-state index in [9.17, 15) is 8.42 Å². The summed E-state index contributed by atoms with van der Waals surface area (Å²) < 4.78 is 32.0. The van der Waals surface area contributed by atoms with Crippen LogP contribution in [0.1, 0.15) is 18.1 Å². The van der Waals surface area contributed by atoms with Crippen LogP contribution in [-0.4, -0.2) is 21.3 Å². The molecule has 2 aromatic rings. The smallest absolute Gasteiger partial charge is 0.233 e. The van der Waals surface area contributed by atoms with Gasteiger partial charge in [0, 0.05) is 5.69 Å². The van der Waals surface area contributed by atoms with E-state index in [2.05, 4.69) is 11.6 Å². The summed E-state index contributed by atoms with van der Waals surface area (Å²) in [7, 11) is -1.77. The van der Waals surface area contributed by atoms with Crippen molar-refractivity contribution in [1.29, 1.82) is 0 Å². The topological polar surface area (TPSA) is 55.4 Å². The third-order valence-electron chi connectivity index (χ3n) is 3.43. The fraction of sp³-hybridized carbons (Fsp3) is 0.294. The number of hydrogen-bond donors (Lipinski definition) is 1. The lowest BCUT2D eigenvalue weighted by atomic mass is 10.2. The van der Waals surface area contributed by atoms with Crippen LogP contribution in [0, 0.1) is 0 Å². The fourth-order valence-corrected chi connectivity index (χ4v) is 3.22. The van der Waals surface area contributed by atoms with Crippen molar-refractivity contribution in [3.63, 3.8) is 0 Å². The predicted molar refractivity (Wildman–Crippen MR) is 89.9 cm³/mol. The zero-order valence-corrected chi connectivity index (χ0v) is 13.7. The highest BCUT2D eigenvalue weighted by atomic mass is 32.2. The maximum absolute atomic E-state index is 12.1. The van der Waals surface area contributed by atoms with Crippen LogP contribution in [0.3, 0.4) is 0 Å². The van der Waals surface area contributed by atoms with Crippen molar-refractivity contribution in [3.8, 4) is 5.75 Å². The quantitative estimate of drug-likeness (QED) is 0.852. The van der Waals surface area contributed by atoms with Crippen molar-refractivity contribution >= 4 is 15.7 Å². The van der Waals surface area contributed by atoms with Gasteiger partial charge in [0.15, 0.2) is 0 Å². The third-order valence-corrected chi connectivity index (χ3v) is 4.72. The van der Waals surface area contributed by atoms with E-state index in [4.69, 9.17) is 4.74 Å². The number of sulfonamides is 1. The van der Waals surface area contributed by atoms with Crippen LogP contribution in [0.15, 0.2) is 48.5 Å². The third kappa shape index (κ3) is 4.77. The molecular formula is C17H21NO3S. The molecule has 0 spiro atoms. The molecule has 0 aromatic heterocycles. The molecule has 0 saturated heterocycles. The molecule has 1 N–H and O–H groups in total. The molecule has 0 aliphatic carbocycles. The van der Waals surface area contributed by atoms with E-state index < -0.39 is 10.0 Å². The van der Waals surface area contributed by atoms with Gasteiger partial charge in [0.25, 0.3) is 0 Å². The molecule has 0 bridgehead atoms. The minimum Gasteiger partial charge on any atom is -0.497 e. The minimum absolute atomic E-state index is 0.0374. The van der Waals surface area contributed by atoms with E-state index in [1.54, 1.807) is 19.2 Å². The summed E-state index contributed by atoms with van der Waals surface area (Å²) in [4.78, 5) is 0. The standard InChI is InChI=1S/C17H21NO3S/c1-3-14-7-9-16(10-8-14)18-22(19,20)12-11-15-5-4-6-17(13-15)21-2/h4-10,13,18H,3,11-12H2,1-2H3. The van der Waals surface area contributed by atoms with Crippen molar-refractivity contribution in [2.45, 2.75) is 19.8 Å². The second-order valence-electron chi connectivity index (χ2n) is 5.07. The van der Waals surface area contributed by atoms with Crippen molar-refractivity contribution < 1.29 is 13.2 Å². The first-order valence-corrected chi connectivity index (χ1v) is 8.90. The van der Waals surface area contributed by atoms with Crippen LogP contribution in [0.2, 0.25) is 0 Å². The second-order valence-corrected chi connectivity index (χ2v) is 6.91. The van der Waals surface area contributed by atoms with E-state index in [0.717, 1.165) is 17.7 Å². The highest BCUT2D eigenvalue weighted by molar-refractivity contribution is 7.92. The largest absolute Gasteiger partial charge is 0.497 e. The fourth-order valence-electron chi connectivity index (χ4n) is 2.12. The molecule has 0 amide bonds. The van der Waals surface area contributed by atoms with Crippen LogP contribution in [0.5, 0.6) is 5.75 Å². The molecule has 118 valence electrons. The van der Waals surface area contributed by atoms with Gasteiger partial charge in [0.05, 0.1) is 12.9 Å². The molecule has 0 aliphatic heterocycles. The first kappa shape index (κ1) is 16.4. The van der Waals surface area contributed by atoms with Gasteiger partial charge in [0.2, 0.25) is 10.0 Å². The van der Waals surface area contributed by atoms with E-state index in [1.807, 2.05) is 36.4 Å². The van der Waals surface area contributed by atoms with Gasteiger partial charge in [-0.1, -0.05) is 31.2 Å². The normalized spacial score (nSPS) is 11.2. The number of ether oxygens (including phenoxy) is 1. The van der Waals surface area contributed by atoms with Crippen LogP contribution in [0.25, 0.3) is 0 Å². The van der Waals surface area contributed by atoms with Gasteiger partial charge >= 0.3 is 0 Å². The number of benzene rings is 2. The number of nitrogens with one attached hydrogen (secondary N) is 1. The highest BCUT2D eigenvalue weighted by Gasteiger charge is 2.11. The van der Waals surface area contributed by atoms with Gasteiger partial charge in [-0.15, -0.1) is 0 Å². The van der Waals surface area contributed by atoms with Crippen LogP contribution < -0.4 is 9.46 Å². The number of methoxy groups -OCH3 is 1. The lowest BCUT2D eigenvalue weighted by molar-refractivity contribution is 0.414. The zero-order valence-electron chi connectivity index (χ0n) is 12.9. The molecular weight excluding hydrogens is 298 g/mol. The first-order chi connectivity index (χ1) is 10.5. The SMILES string of the molecule is CCc1ccc(NS(=O)(=O)CCc2cccc(OC)c2)cc1. The Kier molecular flexibility index (Phi) is 5.44. The summed E-state index contributed by atoms with van der Waals surface area (Å²) in [5.41, 5.74) is 2.72. The Hall–Kier alpha value is -2.01. The van der Waals surface area contributed by atoms with Crippen molar-refractivity contribution in [3.05, 3.63) is 59.7 Å². The molecule has 0 heterocycles. The van der Waals surface area contributed by atoms with Gasteiger partial charge in [-0.3, -0.25) is 4.72 Å². The van der Waals surface area contributed by atoms with Gasteiger partial charge in [0.1, 0.15) is 5.75 Å². The Morgan fingerprint density at radius 3 is 2.41 bits per heavy atom. The average Bonchev–Trinajstić information content (AvgIpc) is 2.54. The Bertz CT molecular complexity index is 709. The van der Waals surface area contributed by atoms with Crippen molar-refractivity contribution in [2.24, 2.45) is 0 Å². The van der Waals surface area contributed by atoms with Gasteiger partial charge in [-0.05, 0) is 48.2 Å². The number of hydrogen-bond acceptors (Lipinski definition) is 3. The van der Waals surface area contributed by atoms with Crippen LogP contribution in [-0.2, 0) is 22.9 Å². The molecule has 0 saturated carbocycles. The van der Waals surface area contributed by atoms with Crippen LogP contribution >= 0.6 is 0 Å². The maximum atomic E-state index is 12.1. The summed E-state index contributed by atoms with van der Waals surface area (Å²) in [6, 6.07) is 14.9. The van der Waals surface area contributed by atoms with Crippen LogP contribution in [0.4, 0.5) is 5.69 Å². The lowest BCUT2D eigenvalue weighted by Gasteiger charge is -2.09. The molecule has 0 atom stereocenters. The molecule has 0 unspecified atom stereocenters. The Morgan fingerprint density at radius 1 is 1.05 bits per heavy atom. The van der Waals surface area contributed by atoms with E-state index in [1.165, 1.54) is 5.56 Å². The van der Waals surface area contributed by atoms with Crippen molar-refractivity contribution in [2.75, 3.05) is 17.6 Å². The monoisotopic (exact) mass is 319 g/mol. The van der Waals surface area contributed by atoms with E-state index in [0.29, 0.717) is 12.1 Å². The van der Waals surface area contributed by atoms with Gasteiger partial charge in [-0.2, -0.15) is 0 Å². The molecule has 2 aromatic carbocycles. The molecule has 22 heavy (non-hydrogen) atoms. The van der Waals surface area contributed by atoms with E-state index in [-0.39, 0.29) is 5.75 Å². The van der Waals surface area contributed by atoms with Crippen molar-refractivity contribution in [1.82, 2.24) is 0 Å². The predicted octanol–water partition coefficient (Wildman–Crippen LogP) is 3.24. The molecule has 0 aliphatic rings. The number of anilines is 1. The number of aryl methyl sites for hydroxylation is 2. The molecule has 2 rings (SSSR count). The summed E-state index contributed by atoms with van der Waals surface area (Å²) in [5.74, 6) is 0.772. The average molecular weight is 319 g/mol. The Balaban J connectivity index is 1.98.